The van der Waals surface area contributed by atoms with E-state index in [-0.39, 0.29) is 6.09 Å². The van der Waals surface area contributed by atoms with Crippen molar-refractivity contribution < 1.29 is 14.3 Å². The van der Waals surface area contributed by atoms with Crippen LogP contribution in [0.15, 0.2) is 23.2 Å². The lowest BCUT2D eigenvalue weighted by Crippen LogP contribution is -2.36. The van der Waals surface area contributed by atoms with Crippen molar-refractivity contribution in [2.24, 2.45) is 4.99 Å². The molecule has 0 spiro atoms. The number of isocyanates is 1. The monoisotopic (exact) mass is 300 g/mol. The van der Waals surface area contributed by atoms with Crippen molar-refractivity contribution in [2.45, 2.75) is 51.2 Å². The number of carbonyl (C=O) groups excluding carboxylic acids is 2. The molecule has 0 N–H and O–H groups in total. The van der Waals surface area contributed by atoms with Crippen LogP contribution in [0.1, 0.15) is 44.7 Å². The van der Waals surface area contributed by atoms with Gasteiger partial charge in [-0.1, -0.05) is 18.2 Å². The Bertz CT molecular complexity index is 665. The van der Waals surface area contributed by atoms with Crippen LogP contribution in [0, 0.1) is 0 Å². The van der Waals surface area contributed by atoms with Gasteiger partial charge in [-0.25, -0.2) is 9.59 Å². The minimum atomic E-state index is -0.535. The summed E-state index contributed by atoms with van der Waals surface area (Å²) in [7, 11) is 0. The lowest BCUT2D eigenvalue weighted by Gasteiger charge is -2.27. The van der Waals surface area contributed by atoms with E-state index in [1.807, 2.05) is 39.0 Å². The van der Waals surface area contributed by atoms with E-state index in [1.54, 1.807) is 11.0 Å². The van der Waals surface area contributed by atoms with Crippen molar-refractivity contribution in [3.05, 3.63) is 29.3 Å². The number of amides is 1. The van der Waals surface area contributed by atoms with Crippen molar-refractivity contribution in [1.82, 2.24) is 0 Å². The van der Waals surface area contributed by atoms with Crippen LogP contribution in [-0.2, 0) is 21.5 Å². The fourth-order valence-electron chi connectivity index (χ4n) is 2.98. The van der Waals surface area contributed by atoms with E-state index in [0.29, 0.717) is 6.54 Å². The highest BCUT2D eigenvalue weighted by atomic mass is 16.6. The second kappa shape index (κ2) is 4.96. The second-order valence-corrected chi connectivity index (χ2v) is 6.93. The zero-order valence-electron chi connectivity index (χ0n) is 13.2. The first kappa shape index (κ1) is 14.8. The first-order valence-electron chi connectivity index (χ1n) is 7.58. The maximum absolute atomic E-state index is 12.5. The van der Waals surface area contributed by atoms with Crippen molar-refractivity contribution in [2.75, 3.05) is 11.4 Å². The molecule has 1 amide bonds. The molecule has 0 radical (unpaired) electrons. The van der Waals surface area contributed by atoms with Crippen LogP contribution in [0.2, 0.25) is 0 Å². The van der Waals surface area contributed by atoms with Gasteiger partial charge in [-0.3, -0.25) is 4.90 Å². The van der Waals surface area contributed by atoms with E-state index in [9.17, 15) is 9.59 Å². The molecular formula is C17H20N2O3. The Morgan fingerprint density at radius 2 is 2.09 bits per heavy atom. The highest BCUT2D eigenvalue weighted by molar-refractivity contribution is 5.92. The summed E-state index contributed by atoms with van der Waals surface area (Å²) in [6, 6.07) is 5.94. The maximum Gasteiger partial charge on any atom is 0.414 e. The lowest BCUT2D eigenvalue weighted by molar-refractivity contribution is 0.0583. The van der Waals surface area contributed by atoms with Crippen molar-refractivity contribution in [1.29, 1.82) is 0 Å². The van der Waals surface area contributed by atoms with Crippen molar-refractivity contribution >= 4 is 17.9 Å². The minimum Gasteiger partial charge on any atom is -0.443 e. The number of rotatable bonds is 2. The van der Waals surface area contributed by atoms with Crippen molar-refractivity contribution in [3.8, 4) is 0 Å². The van der Waals surface area contributed by atoms with Gasteiger partial charge < -0.3 is 4.74 Å². The molecule has 116 valence electrons. The molecule has 0 saturated heterocycles. The van der Waals surface area contributed by atoms with Crippen LogP contribution in [-0.4, -0.2) is 24.3 Å². The predicted octanol–water partition coefficient (Wildman–Crippen LogP) is 3.31. The minimum absolute atomic E-state index is 0.343. The lowest BCUT2D eigenvalue weighted by atomic mass is 9.99. The fourth-order valence-corrected chi connectivity index (χ4v) is 2.98. The van der Waals surface area contributed by atoms with E-state index in [1.165, 1.54) is 0 Å². The Hall–Kier alpha value is -2.13. The Morgan fingerprint density at radius 1 is 1.36 bits per heavy atom. The Balaban J connectivity index is 2.00. The van der Waals surface area contributed by atoms with Gasteiger partial charge in [-0.05, 0) is 45.6 Å². The van der Waals surface area contributed by atoms with E-state index >= 15 is 0 Å². The third-order valence-corrected chi connectivity index (χ3v) is 4.09. The van der Waals surface area contributed by atoms with Gasteiger partial charge in [0, 0.05) is 12.1 Å². The molecule has 0 aromatic heterocycles. The molecule has 0 bridgehead atoms. The quantitative estimate of drug-likeness (QED) is 0.622. The Labute approximate surface area is 130 Å². The van der Waals surface area contributed by atoms with E-state index in [4.69, 9.17) is 4.74 Å². The normalized spacial score (nSPS) is 18.4. The largest absolute Gasteiger partial charge is 0.443 e. The summed E-state index contributed by atoms with van der Waals surface area (Å²) in [5.41, 5.74) is 1.89. The molecule has 1 aromatic rings. The molecule has 22 heavy (non-hydrogen) atoms. The summed E-state index contributed by atoms with van der Waals surface area (Å²) in [6.07, 6.45) is 3.78. The van der Waals surface area contributed by atoms with Crippen LogP contribution < -0.4 is 4.90 Å². The number of carbonyl (C=O) groups is 1. The summed E-state index contributed by atoms with van der Waals surface area (Å²) in [5.74, 6) is 0. The highest BCUT2D eigenvalue weighted by Crippen LogP contribution is 2.53. The zero-order valence-corrected chi connectivity index (χ0v) is 13.2. The highest BCUT2D eigenvalue weighted by Gasteiger charge is 2.48. The number of nitrogens with zero attached hydrogens (tertiary/aromatic N) is 2. The second-order valence-electron chi connectivity index (χ2n) is 6.93. The van der Waals surface area contributed by atoms with Crippen LogP contribution in [0.4, 0.5) is 10.5 Å². The molecule has 1 aliphatic carbocycles. The number of fused-ring (bicyclic) bond motifs is 1. The summed E-state index contributed by atoms with van der Waals surface area (Å²) in [5, 5.41) is 0. The standard InChI is InChI=1S/C17H20N2O3/c1-16(2,3)22-15(21)19-10-7-12-5-4-6-13(14(12)19)17(8-9-17)18-11-20/h4-6H,7-10H2,1-3H3. The van der Waals surface area contributed by atoms with Gasteiger partial charge in [0.25, 0.3) is 0 Å². The van der Waals surface area contributed by atoms with Gasteiger partial charge in [0.2, 0.25) is 6.08 Å². The van der Waals surface area contributed by atoms with Gasteiger partial charge in [0.05, 0.1) is 5.69 Å². The smallest absolute Gasteiger partial charge is 0.414 e. The summed E-state index contributed by atoms with van der Waals surface area (Å²) < 4.78 is 5.51. The molecule has 2 aliphatic rings. The number of hydrogen-bond acceptors (Lipinski definition) is 4. The molecular weight excluding hydrogens is 280 g/mol. The van der Waals surface area contributed by atoms with E-state index < -0.39 is 11.1 Å². The SMILES string of the molecule is CC(C)(C)OC(=O)N1CCc2cccc(C3(N=C=O)CC3)c21. The summed E-state index contributed by atoms with van der Waals surface area (Å²) in [6.45, 7) is 6.16. The molecule has 1 saturated carbocycles. The third-order valence-electron chi connectivity index (χ3n) is 4.09. The van der Waals surface area contributed by atoms with Crippen molar-refractivity contribution in [3.63, 3.8) is 0 Å². The first-order chi connectivity index (χ1) is 10.4. The molecule has 3 rings (SSSR count). The summed E-state index contributed by atoms with van der Waals surface area (Å²) in [4.78, 5) is 28.9. The molecule has 1 fully saturated rings. The molecule has 0 unspecified atom stereocenters. The molecule has 1 aromatic carbocycles. The third kappa shape index (κ3) is 2.53. The van der Waals surface area contributed by atoms with Gasteiger partial charge in [0.1, 0.15) is 11.1 Å². The number of aliphatic imine (C=N–C) groups is 1. The summed E-state index contributed by atoms with van der Waals surface area (Å²) >= 11 is 0. The topological polar surface area (TPSA) is 59.0 Å². The number of benzene rings is 1. The average molecular weight is 300 g/mol. The van der Waals surface area contributed by atoms with Crippen LogP contribution in [0.5, 0.6) is 0 Å². The van der Waals surface area contributed by atoms with Gasteiger partial charge in [-0.2, -0.15) is 4.99 Å². The number of hydrogen-bond donors (Lipinski definition) is 0. The van der Waals surface area contributed by atoms with Crippen LogP contribution in [0.3, 0.4) is 0 Å². The molecule has 5 heteroatoms. The maximum atomic E-state index is 12.5. The molecule has 1 heterocycles. The predicted molar refractivity (Wildman–Crippen MR) is 82.8 cm³/mol. The fraction of sp³-hybridized carbons (Fsp3) is 0.529. The van der Waals surface area contributed by atoms with Crippen LogP contribution >= 0.6 is 0 Å². The zero-order chi connectivity index (χ0) is 16.0. The Morgan fingerprint density at radius 3 is 2.68 bits per heavy atom. The first-order valence-corrected chi connectivity index (χ1v) is 7.58. The average Bonchev–Trinajstić information content (AvgIpc) is 3.07. The Kier molecular flexibility index (Phi) is 3.33. The number of ether oxygens (including phenoxy) is 1. The molecule has 0 atom stereocenters. The van der Waals surface area contributed by atoms with E-state index in [2.05, 4.69) is 4.99 Å². The molecule has 1 aliphatic heterocycles. The van der Waals surface area contributed by atoms with Gasteiger partial charge in [0.15, 0.2) is 0 Å². The van der Waals surface area contributed by atoms with E-state index in [0.717, 1.165) is 36.1 Å². The molecule has 5 nitrogen and oxygen atoms in total. The number of anilines is 1. The van der Waals surface area contributed by atoms with Gasteiger partial charge in [-0.15, -0.1) is 0 Å². The van der Waals surface area contributed by atoms with Gasteiger partial charge >= 0.3 is 6.09 Å². The number of para-hydroxylation sites is 1. The van der Waals surface area contributed by atoms with Crippen LogP contribution in [0.25, 0.3) is 0 Å².